The highest BCUT2D eigenvalue weighted by Gasteiger charge is 2.09. The monoisotopic (exact) mass is 283 g/mol. The van der Waals surface area contributed by atoms with Gasteiger partial charge in [0, 0.05) is 24.6 Å². The molecule has 1 heterocycles. The summed E-state index contributed by atoms with van der Waals surface area (Å²) in [6.07, 6.45) is 1.42. The van der Waals surface area contributed by atoms with Crippen LogP contribution in [-0.2, 0) is 19.4 Å². The number of alkyl halides is 2. The summed E-state index contributed by atoms with van der Waals surface area (Å²) in [4.78, 5) is 4.47. The molecule has 0 unspecified atom stereocenters. The molecule has 0 aliphatic rings. The van der Waals surface area contributed by atoms with E-state index in [2.05, 4.69) is 22.2 Å². The Balaban J connectivity index is 2.19. The predicted molar refractivity (Wildman–Crippen MR) is 74.4 cm³/mol. The standard InChI is InChI=1S/C13H15Cl2N3/c14-8-6-12-16-13(7-9-15)18(17-12)10-11-4-2-1-3-5-11/h1-5H,6-10H2. The molecule has 0 atom stereocenters. The van der Waals surface area contributed by atoms with E-state index in [0.29, 0.717) is 18.2 Å². The Labute approximate surface area is 117 Å². The van der Waals surface area contributed by atoms with E-state index in [4.69, 9.17) is 23.2 Å². The van der Waals surface area contributed by atoms with Gasteiger partial charge in [0.25, 0.3) is 0 Å². The molecular formula is C13H15Cl2N3. The van der Waals surface area contributed by atoms with E-state index in [1.165, 1.54) is 5.56 Å². The SMILES string of the molecule is ClCCc1nc(CCCl)n(Cc2ccccc2)n1. The Bertz CT molecular complexity index is 482. The van der Waals surface area contributed by atoms with Gasteiger partial charge in [0.15, 0.2) is 5.82 Å². The Hall–Kier alpha value is -1.06. The van der Waals surface area contributed by atoms with Crippen molar-refractivity contribution in [3.05, 3.63) is 47.5 Å². The van der Waals surface area contributed by atoms with Crippen LogP contribution in [0.5, 0.6) is 0 Å². The van der Waals surface area contributed by atoms with Crippen molar-refractivity contribution >= 4 is 23.2 Å². The van der Waals surface area contributed by atoms with Gasteiger partial charge < -0.3 is 0 Å². The van der Waals surface area contributed by atoms with Gasteiger partial charge in [-0.2, -0.15) is 5.10 Å². The first-order chi connectivity index (χ1) is 8.83. The maximum atomic E-state index is 5.79. The summed E-state index contributed by atoms with van der Waals surface area (Å²) < 4.78 is 1.92. The summed E-state index contributed by atoms with van der Waals surface area (Å²) in [5.41, 5.74) is 1.20. The smallest absolute Gasteiger partial charge is 0.152 e. The Kier molecular flexibility index (Phi) is 5.02. The van der Waals surface area contributed by atoms with Gasteiger partial charge in [0.1, 0.15) is 5.82 Å². The molecule has 18 heavy (non-hydrogen) atoms. The third-order valence-electron chi connectivity index (χ3n) is 2.60. The quantitative estimate of drug-likeness (QED) is 0.764. The molecule has 3 nitrogen and oxygen atoms in total. The van der Waals surface area contributed by atoms with E-state index < -0.39 is 0 Å². The van der Waals surface area contributed by atoms with Crippen LogP contribution in [0.1, 0.15) is 17.2 Å². The largest absolute Gasteiger partial charge is 0.245 e. The van der Waals surface area contributed by atoms with Crippen molar-refractivity contribution in [2.75, 3.05) is 11.8 Å². The van der Waals surface area contributed by atoms with Crippen molar-refractivity contribution in [3.8, 4) is 0 Å². The van der Waals surface area contributed by atoms with Gasteiger partial charge in [-0.05, 0) is 5.56 Å². The maximum absolute atomic E-state index is 5.79. The van der Waals surface area contributed by atoms with Crippen LogP contribution in [0.25, 0.3) is 0 Å². The van der Waals surface area contributed by atoms with Crippen LogP contribution in [0, 0.1) is 0 Å². The van der Waals surface area contributed by atoms with Crippen LogP contribution >= 0.6 is 23.2 Å². The summed E-state index contributed by atoms with van der Waals surface area (Å²) in [5.74, 6) is 2.80. The van der Waals surface area contributed by atoms with Gasteiger partial charge >= 0.3 is 0 Å². The van der Waals surface area contributed by atoms with Gasteiger partial charge in [-0.25, -0.2) is 9.67 Å². The highest BCUT2D eigenvalue weighted by atomic mass is 35.5. The third kappa shape index (κ3) is 3.47. The zero-order valence-corrected chi connectivity index (χ0v) is 11.5. The second kappa shape index (κ2) is 6.76. The first-order valence-electron chi connectivity index (χ1n) is 5.92. The van der Waals surface area contributed by atoms with Crippen LogP contribution in [0.15, 0.2) is 30.3 Å². The molecule has 2 rings (SSSR count). The second-order valence-corrected chi connectivity index (χ2v) is 4.72. The van der Waals surface area contributed by atoms with Crippen molar-refractivity contribution < 1.29 is 0 Å². The van der Waals surface area contributed by atoms with Gasteiger partial charge in [-0.15, -0.1) is 23.2 Å². The molecule has 2 aromatic rings. The zero-order valence-electron chi connectivity index (χ0n) is 10.0. The predicted octanol–water partition coefficient (Wildman–Crippen LogP) is 2.89. The van der Waals surface area contributed by atoms with Crippen molar-refractivity contribution in [2.24, 2.45) is 0 Å². The minimum Gasteiger partial charge on any atom is -0.245 e. The molecule has 0 bridgehead atoms. The lowest BCUT2D eigenvalue weighted by Crippen LogP contribution is -2.07. The molecule has 0 saturated heterocycles. The third-order valence-corrected chi connectivity index (χ3v) is 2.98. The molecule has 0 saturated carbocycles. The van der Waals surface area contributed by atoms with Gasteiger partial charge in [0.2, 0.25) is 0 Å². The molecule has 0 aliphatic carbocycles. The number of rotatable bonds is 6. The number of benzene rings is 1. The van der Waals surface area contributed by atoms with E-state index in [1.807, 2.05) is 22.9 Å². The van der Waals surface area contributed by atoms with Gasteiger partial charge in [-0.3, -0.25) is 0 Å². The number of halogens is 2. The molecular weight excluding hydrogens is 269 g/mol. The molecule has 0 fully saturated rings. The van der Waals surface area contributed by atoms with Gasteiger partial charge in [0.05, 0.1) is 6.54 Å². The van der Waals surface area contributed by atoms with Crippen molar-refractivity contribution in [1.29, 1.82) is 0 Å². The summed E-state index contributed by atoms with van der Waals surface area (Å²) >= 11 is 11.5. The van der Waals surface area contributed by atoms with E-state index in [0.717, 1.165) is 24.6 Å². The Morgan fingerprint density at radius 1 is 1.00 bits per heavy atom. The normalized spacial score (nSPS) is 10.8. The maximum Gasteiger partial charge on any atom is 0.152 e. The molecule has 0 N–H and O–H groups in total. The van der Waals surface area contributed by atoms with Gasteiger partial charge in [-0.1, -0.05) is 30.3 Å². The highest BCUT2D eigenvalue weighted by molar-refractivity contribution is 6.18. The lowest BCUT2D eigenvalue weighted by Gasteiger charge is -2.04. The van der Waals surface area contributed by atoms with Crippen molar-refractivity contribution in [3.63, 3.8) is 0 Å². The minimum absolute atomic E-state index is 0.537. The highest BCUT2D eigenvalue weighted by Crippen LogP contribution is 2.07. The van der Waals surface area contributed by atoms with Crippen LogP contribution in [0.4, 0.5) is 0 Å². The fourth-order valence-electron chi connectivity index (χ4n) is 1.77. The average Bonchev–Trinajstić information content (AvgIpc) is 2.74. The second-order valence-electron chi connectivity index (χ2n) is 3.97. The Morgan fingerprint density at radius 2 is 1.72 bits per heavy atom. The van der Waals surface area contributed by atoms with Crippen LogP contribution in [0.3, 0.4) is 0 Å². The number of aryl methyl sites for hydroxylation is 2. The molecule has 1 aromatic carbocycles. The molecule has 96 valence electrons. The van der Waals surface area contributed by atoms with Crippen LogP contribution in [0.2, 0.25) is 0 Å². The number of aromatic nitrogens is 3. The molecule has 0 radical (unpaired) electrons. The molecule has 5 heteroatoms. The number of nitrogens with zero attached hydrogens (tertiary/aromatic N) is 3. The summed E-state index contributed by atoms with van der Waals surface area (Å²) in [5, 5.41) is 4.48. The summed E-state index contributed by atoms with van der Waals surface area (Å²) in [6, 6.07) is 10.2. The minimum atomic E-state index is 0.537. The average molecular weight is 284 g/mol. The first-order valence-corrected chi connectivity index (χ1v) is 6.99. The topological polar surface area (TPSA) is 30.7 Å². The molecule has 0 aliphatic heterocycles. The van der Waals surface area contributed by atoms with E-state index in [9.17, 15) is 0 Å². The Morgan fingerprint density at radius 3 is 2.39 bits per heavy atom. The molecule has 1 aromatic heterocycles. The van der Waals surface area contributed by atoms with Crippen LogP contribution in [-0.4, -0.2) is 26.5 Å². The van der Waals surface area contributed by atoms with E-state index >= 15 is 0 Å². The first kappa shape index (κ1) is 13.4. The fourth-order valence-corrected chi connectivity index (χ4v) is 2.11. The van der Waals surface area contributed by atoms with Crippen molar-refractivity contribution in [1.82, 2.24) is 14.8 Å². The number of hydrogen-bond acceptors (Lipinski definition) is 2. The van der Waals surface area contributed by atoms with Crippen LogP contribution < -0.4 is 0 Å². The van der Waals surface area contributed by atoms with E-state index in [1.54, 1.807) is 0 Å². The molecule has 0 spiro atoms. The lowest BCUT2D eigenvalue weighted by molar-refractivity contribution is 0.638. The van der Waals surface area contributed by atoms with E-state index in [-0.39, 0.29) is 0 Å². The summed E-state index contributed by atoms with van der Waals surface area (Å²) in [7, 11) is 0. The number of hydrogen-bond donors (Lipinski definition) is 0. The van der Waals surface area contributed by atoms with Crippen molar-refractivity contribution in [2.45, 2.75) is 19.4 Å². The summed E-state index contributed by atoms with van der Waals surface area (Å²) in [6.45, 7) is 0.725. The fraction of sp³-hybridized carbons (Fsp3) is 0.385. The lowest BCUT2D eigenvalue weighted by atomic mass is 10.2. The molecule has 0 amide bonds. The zero-order chi connectivity index (χ0) is 12.8.